The van der Waals surface area contributed by atoms with E-state index in [1.54, 1.807) is 24.9 Å². The summed E-state index contributed by atoms with van der Waals surface area (Å²) in [5.74, 6) is 0. The van der Waals surface area contributed by atoms with Gasteiger partial charge in [0.2, 0.25) is 0 Å². The van der Waals surface area contributed by atoms with Gasteiger partial charge in [-0.3, -0.25) is 4.68 Å². The number of methoxy groups -OCH3 is 1. The first kappa shape index (κ1) is 13.2. The highest BCUT2D eigenvalue weighted by Gasteiger charge is 2.03. The van der Waals surface area contributed by atoms with Crippen molar-refractivity contribution in [1.29, 1.82) is 0 Å². The van der Waals surface area contributed by atoms with Crippen LogP contribution >= 0.6 is 0 Å². The Morgan fingerprint density at radius 3 is 2.88 bits per heavy atom. The normalized spacial score (nSPS) is 12.9. The van der Waals surface area contributed by atoms with E-state index in [9.17, 15) is 5.11 Å². The van der Waals surface area contributed by atoms with Gasteiger partial charge in [0.1, 0.15) is 0 Å². The van der Waals surface area contributed by atoms with Crippen LogP contribution in [0.25, 0.3) is 0 Å². The quantitative estimate of drug-likeness (QED) is 0.674. The van der Waals surface area contributed by atoms with Crippen LogP contribution in [-0.2, 0) is 16.0 Å². The molecule has 1 atom stereocenters. The largest absolute Gasteiger partial charge is 0.389 e. The molecular formula is C11H20N2O3. The number of hydrogen-bond donors (Lipinski definition) is 1. The van der Waals surface area contributed by atoms with Crippen molar-refractivity contribution in [2.24, 2.45) is 0 Å². The number of hydrogen-bond acceptors (Lipinski definition) is 4. The Morgan fingerprint density at radius 2 is 2.25 bits per heavy atom. The van der Waals surface area contributed by atoms with Gasteiger partial charge in [0, 0.05) is 32.1 Å². The summed E-state index contributed by atoms with van der Waals surface area (Å²) in [5.41, 5.74) is 0.833. The Labute approximate surface area is 96.0 Å². The fourth-order valence-electron chi connectivity index (χ4n) is 1.28. The molecule has 1 rings (SSSR count). The van der Waals surface area contributed by atoms with Gasteiger partial charge >= 0.3 is 0 Å². The summed E-state index contributed by atoms with van der Waals surface area (Å²) < 4.78 is 12.1. The van der Waals surface area contributed by atoms with Gasteiger partial charge in [0.05, 0.1) is 25.5 Å². The molecule has 16 heavy (non-hydrogen) atoms. The first-order valence-corrected chi connectivity index (χ1v) is 5.51. The van der Waals surface area contributed by atoms with E-state index in [-0.39, 0.29) is 0 Å². The summed E-state index contributed by atoms with van der Waals surface area (Å²) >= 11 is 0. The number of ether oxygens (including phenoxy) is 2. The predicted molar refractivity (Wildman–Crippen MR) is 60.2 cm³/mol. The molecule has 0 aliphatic carbocycles. The zero-order valence-corrected chi connectivity index (χ0v) is 9.93. The minimum atomic E-state index is -0.462. The van der Waals surface area contributed by atoms with E-state index >= 15 is 0 Å². The maximum atomic E-state index is 9.31. The summed E-state index contributed by atoms with van der Waals surface area (Å²) in [4.78, 5) is 0. The van der Waals surface area contributed by atoms with Crippen molar-refractivity contribution >= 4 is 0 Å². The number of aliphatic hydroxyl groups is 1. The van der Waals surface area contributed by atoms with E-state index in [1.165, 1.54) is 0 Å². The van der Waals surface area contributed by atoms with E-state index in [2.05, 4.69) is 5.10 Å². The van der Waals surface area contributed by atoms with Crippen molar-refractivity contribution in [3.63, 3.8) is 0 Å². The van der Waals surface area contributed by atoms with Gasteiger partial charge in [-0.2, -0.15) is 5.10 Å². The molecule has 0 fully saturated rings. The van der Waals surface area contributed by atoms with Crippen LogP contribution in [0.1, 0.15) is 25.0 Å². The summed E-state index contributed by atoms with van der Waals surface area (Å²) in [6.07, 6.45) is 3.96. The third-order valence-electron chi connectivity index (χ3n) is 2.24. The van der Waals surface area contributed by atoms with Crippen LogP contribution in [0.15, 0.2) is 12.4 Å². The Kier molecular flexibility index (Phi) is 6.07. The smallest absolute Gasteiger partial charge is 0.0792 e. The maximum Gasteiger partial charge on any atom is 0.0792 e. The van der Waals surface area contributed by atoms with Crippen molar-refractivity contribution in [2.45, 2.75) is 26.0 Å². The molecule has 0 spiro atoms. The highest BCUT2D eigenvalue weighted by Crippen LogP contribution is 2.09. The lowest BCUT2D eigenvalue weighted by molar-refractivity contribution is 0.0960. The van der Waals surface area contributed by atoms with Gasteiger partial charge in [-0.05, 0) is 13.3 Å². The second-order valence-electron chi connectivity index (χ2n) is 3.67. The second kappa shape index (κ2) is 7.38. The molecule has 0 saturated carbocycles. The molecule has 0 saturated heterocycles. The topological polar surface area (TPSA) is 56.5 Å². The number of nitrogens with zero attached hydrogens (tertiary/aromatic N) is 2. The molecule has 0 aromatic carbocycles. The summed E-state index contributed by atoms with van der Waals surface area (Å²) in [6, 6.07) is 0. The third-order valence-corrected chi connectivity index (χ3v) is 2.24. The molecule has 5 nitrogen and oxygen atoms in total. The Balaban J connectivity index is 2.12. The molecule has 0 amide bonds. The molecule has 1 N–H and O–H groups in total. The molecule has 92 valence electrons. The summed E-state index contributed by atoms with van der Waals surface area (Å²) in [6.45, 7) is 4.50. The van der Waals surface area contributed by atoms with Gasteiger partial charge in [-0.25, -0.2) is 0 Å². The second-order valence-corrected chi connectivity index (χ2v) is 3.67. The maximum absolute atomic E-state index is 9.31. The summed E-state index contributed by atoms with van der Waals surface area (Å²) in [5, 5.41) is 13.4. The number of aliphatic hydroxyl groups excluding tert-OH is 1. The van der Waals surface area contributed by atoms with Gasteiger partial charge in [0.25, 0.3) is 0 Å². The van der Waals surface area contributed by atoms with Crippen molar-refractivity contribution in [2.75, 3.05) is 26.9 Å². The lowest BCUT2D eigenvalue weighted by Crippen LogP contribution is -2.08. The minimum absolute atomic E-state index is 0.462. The molecule has 1 unspecified atom stereocenters. The molecule has 0 bridgehead atoms. The lowest BCUT2D eigenvalue weighted by Gasteiger charge is -2.04. The average molecular weight is 228 g/mol. The van der Waals surface area contributed by atoms with E-state index in [0.29, 0.717) is 19.8 Å². The van der Waals surface area contributed by atoms with Crippen molar-refractivity contribution in [1.82, 2.24) is 9.78 Å². The number of aromatic nitrogens is 2. The minimum Gasteiger partial charge on any atom is -0.389 e. The molecule has 0 aliphatic rings. The zero-order valence-electron chi connectivity index (χ0n) is 9.93. The van der Waals surface area contributed by atoms with Crippen LogP contribution in [0.2, 0.25) is 0 Å². The fourth-order valence-corrected chi connectivity index (χ4v) is 1.28. The third kappa shape index (κ3) is 4.74. The molecule has 0 radical (unpaired) electrons. The van der Waals surface area contributed by atoms with E-state index < -0.39 is 6.10 Å². The van der Waals surface area contributed by atoms with Crippen LogP contribution in [0.5, 0.6) is 0 Å². The Hall–Kier alpha value is -0.910. The van der Waals surface area contributed by atoms with Crippen LogP contribution in [0.3, 0.4) is 0 Å². The van der Waals surface area contributed by atoms with Gasteiger partial charge < -0.3 is 14.6 Å². The highest BCUT2D eigenvalue weighted by molar-refractivity contribution is 5.06. The van der Waals surface area contributed by atoms with Crippen molar-refractivity contribution in [3.05, 3.63) is 18.0 Å². The first-order valence-electron chi connectivity index (χ1n) is 5.51. The van der Waals surface area contributed by atoms with E-state index in [0.717, 1.165) is 18.6 Å². The predicted octanol–water partition coefficient (Wildman–Crippen LogP) is 0.989. The average Bonchev–Trinajstić information content (AvgIpc) is 2.72. The zero-order chi connectivity index (χ0) is 11.8. The molecule has 0 aliphatic heterocycles. The fraction of sp³-hybridized carbons (Fsp3) is 0.727. The van der Waals surface area contributed by atoms with Crippen LogP contribution in [-0.4, -0.2) is 41.8 Å². The van der Waals surface area contributed by atoms with Gasteiger partial charge in [-0.15, -0.1) is 0 Å². The summed E-state index contributed by atoms with van der Waals surface area (Å²) in [7, 11) is 1.68. The molecule has 5 heteroatoms. The Morgan fingerprint density at radius 1 is 1.44 bits per heavy atom. The molecule has 1 aromatic heterocycles. The van der Waals surface area contributed by atoms with Crippen molar-refractivity contribution in [3.8, 4) is 0 Å². The molecule has 1 aromatic rings. The Bertz CT molecular complexity index is 287. The van der Waals surface area contributed by atoms with E-state index in [4.69, 9.17) is 9.47 Å². The van der Waals surface area contributed by atoms with Crippen LogP contribution in [0, 0.1) is 0 Å². The standard InChI is InChI=1S/C11H20N2O3/c1-10(14)11-8-12-13(9-11)4-7-16-6-3-5-15-2/h8-10,14H,3-7H2,1-2H3. The molecular weight excluding hydrogens is 208 g/mol. The van der Waals surface area contributed by atoms with Crippen LogP contribution in [0.4, 0.5) is 0 Å². The SMILES string of the molecule is COCCCOCCn1cc(C(C)O)cn1. The first-order chi connectivity index (χ1) is 7.74. The lowest BCUT2D eigenvalue weighted by atomic mass is 10.2. The van der Waals surface area contributed by atoms with Crippen LogP contribution < -0.4 is 0 Å². The van der Waals surface area contributed by atoms with Crippen molar-refractivity contribution < 1.29 is 14.6 Å². The van der Waals surface area contributed by atoms with E-state index in [1.807, 2.05) is 6.20 Å². The van der Waals surface area contributed by atoms with Gasteiger partial charge in [-0.1, -0.05) is 0 Å². The number of rotatable bonds is 8. The monoisotopic (exact) mass is 228 g/mol. The highest BCUT2D eigenvalue weighted by atomic mass is 16.5. The van der Waals surface area contributed by atoms with Gasteiger partial charge in [0.15, 0.2) is 0 Å². The molecule has 1 heterocycles.